The lowest BCUT2D eigenvalue weighted by Crippen LogP contribution is -2.33. The summed E-state index contributed by atoms with van der Waals surface area (Å²) < 4.78 is 27.4. The van der Waals surface area contributed by atoms with Gasteiger partial charge in [0, 0.05) is 6.42 Å². The van der Waals surface area contributed by atoms with Gasteiger partial charge in [-0.05, 0) is 68.3 Å². The number of benzene rings is 4. The van der Waals surface area contributed by atoms with E-state index < -0.39 is 23.2 Å². The average molecular weight is 517 g/mol. The lowest BCUT2D eigenvalue weighted by molar-refractivity contribution is -0.119. The minimum Gasteiger partial charge on any atom is -0.274 e. The van der Waals surface area contributed by atoms with Gasteiger partial charge in [-0.3, -0.25) is 4.79 Å². The molecular weight excluding hydrogens is 485 g/mol. The fourth-order valence-corrected chi connectivity index (χ4v) is 9.92. The van der Waals surface area contributed by atoms with Gasteiger partial charge in [-0.2, -0.15) is 0 Å². The molecule has 0 saturated heterocycles. The molecule has 4 aromatic carbocycles. The Morgan fingerprint density at radius 3 is 1.56 bits per heavy atom. The van der Waals surface area contributed by atoms with E-state index in [0.717, 1.165) is 18.1 Å². The predicted molar refractivity (Wildman–Crippen MR) is 150 cm³/mol. The third-order valence-electron chi connectivity index (χ3n) is 6.32. The molecule has 36 heavy (non-hydrogen) atoms. The van der Waals surface area contributed by atoms with E-state index in [4.69, 9.17) is 0 Å². The van der Waals surface area contributed by atoms with Crippen molar-refractivity contribution in [2.75, 3.05) is 6.16 Å². The van der Waals surface area contributed by atoms with Crippen LogP contribution in [0.4, 0.5) is 0 Å². The van der Waals surface area contributed by atoms with Gasteiger partial charge in [-0.15, -0.1) is 0 Å². The van der Waals surface area contributed by atoms with Gasteiger partial charge in [0.15, 0.2) is 0 Å². The van der Waals surface area contributed by atoms with E-state index >= 15 is 0 Å². The Kier molecular flexibility index (Phi) is 8.35. The van der Waals surface area contributed by atoms with Crippen molar-refractivity contribution < 1.29 is 13.2 Å². The Bertz CT molecular complexity index is 1280. The molecular formula is C30H31NO3PS+. The summed E-state index contributed by atoms with van der Waals surface area (Å²) in [5.41, 5.74) is 0.961. The zero-order valence-electron chi connectivity index (χ0n) is 20.4. The molecule has 184 valence electrons. The van der Waals surface area contributed by atoms with Crippen LogP contribution in [0.3, 0.4) is 0 Å². The van der Waals surface area contributed by atoms with E-state index in [0.29, 0.717) is 6.42 Å². The number of sulfonamides is 1. The van der Waals surface area contributed by atoms with Crippen LogP contribution in [0, 0.1) is 6.92 Å². The second-order valence-electron chi connectivity index (χ2n) is 8.84. The van der Waals surface area contributed by atoms with Crippen molar-refractivity contribution in [3.8, 4) is 0 Å². The normalized spacial score (nSPS) is 11.7. The highest BCUT2D eigenvalue weighted by molar-refractivity contribution is 7.95. The van der Waals surface area contributed by atoms with Crippen LogP contribution >= 0.6 is 7.26 Å². The predicted octanol–water partition coefficient (Wildman–Crippen LogP) is 4.96. The number of carbonyl (C=O) groups is 1. The van der Waals surface area contributed by atoms with Crippen molar-refractivity contribution in [1.82, 2.24) is 4.72 Å². The highest BCUT2D eigenvalue weighted by Crippen LogP contribution is 2.55. The van der Waals surface area contributed by atoms with Crippen molar-refractivity contribution in [2.45, 2.75) is 31.1 Å². The summed E-state index contributed by atoms with van der Waals surface area (Å²) >= 11 is 0. The third kappa shape index (κ3) is 5.92. The van der Waals surface area contributed by atoms with Crippen LogP contribution in [0.1, 0.15) is 24.8 Å². The number of hydrogen-bond donors (Lipinski definition) is 1. The van der Waals surface area contributed by atoms with E-state index in [1.165, 1.54) is 28.0 Å². The molecule has 0 unspecified atom stereocenters. The molecule has 1 amide bonds. The van der Waals surface area contributed by atoms with Gasteiger partial charge in [-0.25, -0.2) is 13.1 Å². The molecule has 0 radical (unpaired) electrons. The van der Waals surface area contributed by atoms with Crippen LogP contribution in [0.15, 0.2) is 120 Å². The van der Waals surface area contributed by atoms with Crippen molar-refractivity contribution in [3.63, 3.8) is 0 Å². The first-order valence-corrected chi connectivity index (χ1v) is 15.5. The van der Waals surface area contributed by atoms with Gasteiger partial charge in [0.1, 0.15) is 23.2 Å². The Hall–Kier alpha value is -3.27. The second kappa shape index (κ2) is 11.6. The smallest absolute Gasteiger partial charge is 0.264 e. The van der Waals surface area contributed by atoms with E-state index in [-0.39, 0.29) is 11.3 Å². The lowest BCUT2D eigenvalue weighted by Gasteiger charge is -2.27. The van der Waals surface area contributed by atoms with Crippen LogP contribution in [-0.2, 0) is 14.8 Å². The molecule has 0 atom stereocenters. The first-order valence-electron chi connectivity index (χ1n) is 12.1. The minimum atomic E-state index is -3.86. The zero-order chi connectivity index (χ0) is 25.4. The Labute approximate surface area is 214 Å². The molecule has 0 saturated carbocycles. The first kappa shape index (κ1) is 25.8. The summed E-state index contributed by atoms with van der Waals surface area (Å²) in [7, 11) is -5.82. The van der Waals surface area contributed by atoms with Crippen LogP contribution in [0.5, 0.6) is 0 Å². The number of unbranched alkanes of at least 4 members (excludes halogenated alkanes) is 1. The standard InChI is InChI=1S/C30H30NO3PS/c1-25-20-22-29(23-21-25)36(33,34)31-30(32)19-11-12-24-35(26-13-5-2-6-14-26,27-15-7-3-8-16-27)28-17-9-4-10-18-28/h2-10,13-18,20-23H,11-12,19,24H2,1H3/p+1. The maximum atomic E-state index is 12.6. The van der Waals surface area contributed by atoms with E-state index in [1.54, 1.807) is 12.1 Å². The minimum absolute atomic E-state index is 0.101. The Morgan fingerprint density at radius 2 is 1.11 bits per heavy atom. The number of nitrogens with one attached hydrogen (secondary N) is 1. The summed E-state index contributed by atoms with van der Waals surface area (Å²) in [6.45, 7) is 1.89. The molecule has 0 bridgehead atoms. The van der Waals surface area contributed by atoms with Crippen molar-refractivity contribution in [2.24, 2.45) is 0 Å². The fourth-order valence-electron chi connectivity index (χ4n) is 4.49. The molecule has 0 aromatic heterocycles. The average Bonchev–Trinajstić information content (AvgIpc) is 2.90. The van der Waals surface area contributed by atoms with Gasteiger partial charge < -0.3 is 0 Å². The highest BCUT2D eigenvalue weighted by Gasteiger charge is 2.44. The highest BCUT2D eigenvalue weighted by atomic mass is 32.2. The molecule has 4 aromatic rings. The summed E-state index contributed by atoms with van der Waals surface area (Å²) in [5.74, 6) is -0.473. The molecule has 0 heterocycles. The molecule has 0 aliphatic heterocycles. The molecule has 0 aliphatic rings. The number of hydrogen-bond acceptors (Lipinski definition) is 3. The SMILES string of the molecule is Cc1ccc(S(=O)(=O)NC(=O)CCCC[P+](c2ccccc2)(c2ccccc2)c2ccccc2)cc1. The number of carbonyl (C=O) groups excluding carboxylic acids is 1. The zero-order valence-corrected chi connectivity index (χ0v) is 22.1. The van der Waals surface area contributed by atoms with Gasteiger partial charge in [-0.1, -0.05) is 72.3 Å². The van der Waals surface area contributed by atoms with Crippen LogP contribution in [-0.4, -0.2) is 20.5 Å². The molecule has 0 fully saturated rings. The number of aryl methyl sites for hydroxylation is 1. The molecule has 4 nitrogen and oxygen atoms in total. The van der Waals surface area contributed by atoms with Crippen LogP contribution in [0.2, 0.25) is 0 Å². The van der Waals surface area contributed by atoms with Gasteiger partial charge in [0.25, 0.3) is 10.0 Å². The Balaban J connectivity index is 1.52. The first-order chi connectivity index (χ1) is 17.4. The van der Waals surface area contributed by atoms with Crippen molar-refractivity contribution in [3.05, 3.63) is 121 Å². The quantitative estimate of drug-likeness (QED) is 0.239. The molecule has 6 heteroatoms. The molecule has 4 rings (SSSR count). The van der Waals surface area contributed by atoms with E-state index in [2.05, 4.69) is 77.5 Å². The van der Waals surface area contributed by atoms with Gasteiger partial charge in [0.05, 0.1) is 11.1 Å². The topological polar surface area (TPSA) is 63.2 Å². The van der Waals surface area contributed by atoms with Gasteiger partial charge >= 0.3 is 0 Å². The molecule has 0 spiro atoms. The van der Waals surface area contributed by atoms with Crippen LogP contribution in [0.25, 0.3) is 0 Å². The number of rotatable bonds is 10. The summed E-state index contributed by atoms with van der Waals surface area (Å²) in [5, 5.41) is 3.90. The lowest BCUT2D eigenvalue weighted by atomic mass is 10.2. The van der Waals surface area contributed by atoms with E-state index in [1.807, 2.05) is 25.1 Å². The maximum absolute atomic E-state index is 12.6. The Morgan fingerprint density at radius 1 is 0.667 bits per heavy atom. The van der Waals surface area contributed by atoms with Gasteiger partial charge in [0.2, 0.25) is 5.91 Å². The van der Waals surface area contributed by atoms with Crippen LogP contribution < -0.4 is 20.6 Å². The summed E-state index contributed by atoms with van der Waals surface area (Å²) in [6.07, 6.45) is 2.44. The maximum Gasteiger partial charge on any atom is 0.264 e. The van der Waals surface area contributed by atoms with Crippen molar-refractivity contribution in [1.29, 1.82) is 0 Å². The molecule has 1 N–H and O–H groups in total. The fraction of sp³-hybridized carbons (Fsp3) is 0.167. The summed E-state index contributed by atoms with van der Waals surface area (Å²) in [6, 6.07) is 38.3. The summed E-state index contributed by atoms with van der Waals surface area (Å²) in [4.78, 5) is 12.7. The number of amides is 1. The third-order valence-corrected chi connectivity index (χ3v) is 12.2. The monoisotopic (exact) mass is 516 g/mol. The largest absolute Gasteiger partial charge is 0.274 e. The second-order valence-corrected chi connectivity index (χ2v) is 14.1. The molecule has 0 aliphatic carbocycles. The van der Waals surface area contributed by atoms with E-state index in [9.17, 15) is 13.2 Å². The van der Waals surface area contributed by atoms with Crippen molar-refractivity contribution >= 4 is 39.1 Å².